The van der Waals surface area contributed by atoms with Crippen molar-refractivity contribution >= 4 is 17.2 Å². The van der Waals surface area contributed by atoms with Crippen LogP contribution in [0.5, 0.6) is 0 Å². The summed E-state index contributed by atoms with van der Waals surface area (Å²) in [7, 11) is 0. The highest BCUT2D eigenvalue weighted by molar-refractivity contribution is 5.55. The Kier molecular flexibility index (Phi) is 3.46. The van der Waals surface area contributed by atoms with Crippen molar-refractivity contribution in [2.24, 2.45) is 0 Å². The minimum atomic E-state index is 0.622. The Morgan fingerprint density at radius 2 is 1.55 bits per heavy atom. The number of rotatable bonds is 2. The molecule has 0 bridgehead atoms. The average molecular weight is 268 g/mol. The van der Waals surface area contributed by atoms with Crippen LogP contribution in [0.3, 0.4) is 0 Å². The molecule has 0 aliphatic carbocycles. The predicted octanol–water partition coefficient (Wildman–Crippen LogP) is 2.30. The zero-order valence-electron chi connectivity index (χ0n) is 11.8. The Hall–Kier alpha value is -2.23. The van der Waals surface area contributed by atoms with Crippen LogP contribution in [0.15, 0.2) is 42.6 Å². The van der Waals surface area contributed by atoms with Crippen LogP contribution >= 0.6 is 0 Å². The van der Waals surface area contributed by atoms with Gasteiger partial charge >= 0.3 is 0 Å². The van der Waals surface area contributed by atoms with E-state index in [2.05, 4.69) is 51.2 Å². The lowest BCUT2D eigenvalue weighted by atomic mass is 10.2. The predicted molar refractivity (Wildman–Crippen MR) is 84.3 cm³/mol. The van der Waals surface area contributed by atoms with Crippen molar-refractivity contribution in [1.29, 1.82) is 0 Å². The minimum absolute atomic E-state index is 0.622. The molecule has 0 spiro atoms. The number of nitrogen functional groups attached to an aromatic ring is 1. The van der Waals surface area contributed by atoms with E-state index < -0.39 is 0 Å². The maximum atomic E-state index is 5.78. The standard InChI is InChI=1S/C16H20N4/c1-13-11-15(12-18-16(13)17)20-9-7-19(8-10-20)14-5-3-2-4-6-14/h2-6,11-12H,7-10H2,1H3,(H2,17,18). The van der Waals surface area contributed by atoms with Gasteiger partial charge in [0, 0.05) is 31.9 Å². The largest absolute Gasteiger partial charge is 0.383 e. The third kappa shape index (κ3) is 2.54. The second kappa shape index (κ2) is 5.41. The second-order valence-corrected chi connectivity index (χ2v) is 5.21. The molecule has 4 nitrogen and oxygen atoms in total. The first-order valence-electron chi connectivity index (χ1n) is 7.01. The molecule has 2 N–H and O–H groups in total. The number of aromatic nitrogens is 1. The SMILES string of the molecule is Cc1cc(N2CCN(c3ccccc3)CC2)cnc1N. The maximum Gasteiger partial charge on any atom is 0.126 e. The number of benzene rings is 1. The number of anilines is 3. The zero-order valence-corrected chi connectivity index (χ0v) is 11.8. The average Bonchev–Trinajstić information content (AvgIpc) is 2.51. The van der Waals surface area contributed by atoms with Gasteiger partial charge in [0.1, 0.15) is 5.82 Å². The summed E-state index contributed by atoms with van der Waals surface area (Å²) < 4.78 is 0. The molecule has 1 aliphatic rings. The summed E-state index contributed by atoms with van der Waals surface area (Å²) in [5.41, 5.74) is 9.30. The molecular weight excluding hydrogens is 248 g/mol. The molecule has 1 aromatic carbocycles. The number of hydrogen-bond acceptors (Lipinski definition) is 4. The molecule has 3 rings (SSSR count). The van der Waals surface area contributed by atoms with Gasteiger partial charge in [-0.25, -0.2) is 4.98 Å². The fourth-order valence-electron chi connectivity index (χ4n) is 2.61. The highest BCUT2D eigenvalue weighted by Crippen LogP contribution is 2.21. The van der Waals surface area contributed by atoms with Gasteiger partial charge in [0.05, 0.1) is 11.9 Å². The molecule has 104 valence electrons. The van der Waals surface area contributed by atoms with Crippen molar-refractivity contribution in [3.63, 3.8) is 0 Å². The molecule has 1 saturated heterocycles. The summed E-state index contributed by atoms with van der Waals surface area (Å²) in [5, 5.41) is 0. The van der Waals surface area contributed by atoms with Crippen molar-refractivity contribution in [3.8, 4) is 0 Å². The molecule has 0 unspecified atom stereocenters. The van der Waals surface area contributed by atoms with Gasteiger partial charge in [-0.3, -0.25) is 0 Å². The van der Waals surface area contributed by atoms with E-state index in [-0.39, 0.29) is 0 Å². The fourth-order valence-corrected chi connectivity index (χ4v) is 2.61. The van der Waals surface area contributed by atoms with E-state index >= 15 is 0 Å². The van der Waals surface area contributed by atoms with Gasteiger partial charge in [-0.1, -0.05) is 18.2 Å². The highest BCUT2D eigenvalue weighted by atomic mass is 15.3. The monoisotopic (exact) mass is 268 g/mol. The molecule has 2 heterocycles. The van der Waals surface area contributed by atoms with Gasteiger partial charge in [-0.2, -0.15) is 0 Å². The van der Waals surface area contributed by atoms with Gasteiger partial charge in [-0.05, 0) is 30.7 Å². The van der Waals surface area contributed by atoms with Gasteiger partial charge < -0.3 is 15.5 Å². The Balaban J connectivity index is 1.68. The smallest absolute Gasteiger partial charge is 0.126 e. The summed E-state index contributed by atoms with van der Waals surface area (Å²) in [6.07, 6.45) is 1.88. The van der Waals surface area contributed by atoms with Gasteiger partial charge in [-0.15, -0.1) is 0 Å². The lowest BCUT2D eigenvalue weighted by molar-refractivity contribution is 0.652. The van der Waals surface area contributed by atoms with E-state index in [1.807, 2.05) is 13.1 Å². The van der Waals surface area contributed by atoms with Crippen LogP contribution in [0.4, 0.5) is 17.2 Å². The number of piperazine rings is 1. The van der Waals surface area contributed by atoms with Gasteiger partial charge in [0.15, 0.2) is 0 Å². The van der Waals surface area contributed by atoms with Crippen LogP contribution in [0.1, 0.15) is 5.56 Å². The number of nitrogens with two attached hydrogens (primary N) is 1. The lowest BCUT2D eigenvalue weighted by Gasteiger charge is -2.37. The Morgan fingerprint density at radius 3 is 2.15 bits per heavy atom. The van der Waals surface area contributed by atoms with Crippen LogP contribution in [0.25, 0.3) is 0 Å². The number of nitrogens with zero attached hydrogens (tertiary/aromatic N) is 3. The van der Waals surface area contributed by atoms with Crippen molar-refractivity contribution < 1.29 is 0 Å². The van der Waals surface area contributed by atoms with E-state index in [1.165, 1.54) is 11.4 Å². The van der Waals surface area contributed by atoms with Crippen LogP contribution in [0.2, 0.25) is 0 Å². The summed E-state index contributed by atoms with van der Waals surface area (Å²) in [6.45, 7) is 6.10. The molecule has 0 saturated carbocycles. The lowest BCUT2D eigenvalue weighted by Crippen LogP contribution is -2.46. The molecule has 0 amide bonds. The fraction of sp³-hybridized carbons (Fsp3) is 0.312. The van der Waals surface area contributed by atoms with E-state index in [1.54, 1.807) is 0 Å². The van der Waals surface area contributed by atoms with Crippen molar-refractivity contribution in [2.45, 2.75) is 6.92 Å². The van der Waals surface area contributed by atoms with E-state index in [0.717, 1.165) is 31.7 Å². The molecule has 1 aliphatic heterocycles. The number of hydrogen-bond donors (Lipinski definition) is 1. The van der Waals surface area contributed by atoms with Crippen LogP contribution in [0, 0.1) is 6.92 Å². The molecule has 2 aromatic rings. The van der Waals surface area contributed by atoms with E-state index in [9.17, 15) is 0 Å². The Morgan fingerprint density at radius 1 is 0.950 bits per heavy atom. The third-order valence-electron chi connectivity index (χ3n) is 3.87. The molecule has 0 radical (unpaired) electrons. The summed E-state index contributed by atoms with van der Waals surface area (Å²) >= 11 is 0. The van der Waals surface area contributed by atoms with E-state index in [4.69, 9.17) is 5.73 Å². The van der Waals surface area contributed by atoms with Crippen LogP contribution in [-0.4, -0.2) is 31.2 Å². The number of aryl methyl sites for hydroxylation is 1. The normalized spacial score (nSPS) is 15.4. The Labute approximate surface area is 119 Å². The van der Waals surface area contributed by atoms with E-state index in [0.29, 0.717) is 5.82 Å². The van der Waals surface area contributed by atoms with Crippen LogP contribution < -0.4 is 15.5 Å². The molecule has 20 heavy (non-hydrogen) atoms. The van der Waals surface area contributed by atoms with Crippen LogP contribution in [-0.2, 0) is 0 Å². The zero-order chi connectivity index (χ0) is 13.9. The molecular formula is C16H20N4. The molecule has 4 heteroatoms. The first kappa shape index (κ1) is 12.8. The first-order chi connectivity index (χ1) is 9.74. The summed E-state index contributed by atoms with van der Waals surface area (Å²) in [6, 6.07) is 12.7. The van der Waals surface area contributed by atoms with Gasteiger partial charge in [0.2, 0.25) is 0 Å². The van der Waals surface area contributed by atoms with Crippen molar-refractivity contribution in [2.75, 3.05) is 41.7 Å². The topological polar surface area (TPSA) is 45.4 Å². The molecule has 1 fully saturated rings. The van der Waals surface area contributed by atoms with Gasteiger partial charge in [0.25, 0.3) is 0 Å². The first-order valence-corrected chi connectivity index (χ1v) is 7.01. The Bertz CT molecular complexity index is 574. The molecule has 1 aromatic heterocycles. The maximum absolute atomic E-state index is 5.78. The van der Waals surface area contributed by atoms with Crippen molar-refractivity contribution in [1.82, 2.24) is 4.98 Å². The van der Waals surface area contributed by atoms with Crippen molar-refractivity contribution in [3.05, 3.63) is 48.2 Å². The second-order valence-electron chi connectivity index (χ2n) is 5.21. The third-order valence-corrected chi connectivity index (χ3v) is 3.87. The highest BCUT2D eigenvalue weighted by Gasteiger charge is 2.17. The summed E-state index contributed by atoms with van der Waals surface area (Å²) in [5.74, 6) is 0.622. The summed E-state index contributed by atoms with van der Waals surface area (Å²) in [4.78, 5) is 9.05. The quantitative estimate of drug-likeness (QED) is 0.907. The number of para-hydroxylation sites is 1. The minimum Gasteiger partial charge on any atom is -0.383 e. The molecule has 0 atom stereocenters. The number of pyridine rings is 1.